The summed E-state index contributed by atoms with van der Waals surface area (Å²) < 4.78 is 31.8. The van der Waals surface area contributed by atoms with Crippen LogP contribution in [0.25, 0.3) is 0 Å². The summed E-state index contributed by atoms with van der Waals surface area (Å²) >= 11 is 6.03. The molecule has 4 nitrogen and oxygen atoms in total. The highest BCUT2D eigenvalue weighted by Crippen LogP contribution is 2.38. The van der Waals surface area contributed by atoms with Crippen LogP contribution < -0.4 is 10.2 Å². The van der Waals surface area contributed by atoms with Gasteiger partial charge in [-0.2, -0.15) is 0 Å². The van der Waals surface area contributed by atoms with Gasteiger partial charge in [0.05, 0.1) is 0 Å². The summed E-state index contributed by atoms with van der Waals surface area (Å²) in [4.78, 5) is 12.9. The maximum Gasteiger partial charge on any atom is 0.408 e. The third-order valence-corrected chi connectivity index (χ3v) is 3.22. The third kappa shape index (κ3) is 3.24. The average molecular weight is 327 g/mol. The van der Waals surface area contributed by atoms with Gasteiger partial charge in [-0.1, -0.05) is 17.7 Å². The molecule has 1 heterocycles. The van der Waals surface area contributed by atoms with E-state index in [0.29, 0.717) is 0 Å². The Morgan fingerprint density at radius 3 is 2.65 bits per heavy atom. The van der Waals surface area contributed by atoms with E-state index in [2.05, 4.69) is 10.1 Å². The molecule has 0 saturated carbocycles. The fourth-order valence-corrected chi connectivity index (χ4v) is 2.13. The molecule has 8 heteroatoms. The van der Waals surface area contributed by atoms with Gasteiger partial charge in [0.1, 0.15) is 6.04 Å². The molecule has 0 aliphatic carbocycles. The van der Waals surface area contributed by atoms with E-state index in [0.717, 1.165) is 5.69 Å². The molecule has 0 spiro atoms. The van der Waals surface area contributed by atoms with E-state index in [9.17, 15) is 13.6 Å². The predicted molar refractivity (Wildman–Crippen MR) is 75.2 cm³/mol. The number of hydrogen-bond acceptors (Lipinski definition) is 3. The molecule has 1 amide bonds. The highest BCUT2D eigenvalue weighted by Gasteiger charge is 2.47. The molecular formula is C12H14Cl2F2N2O2. The van der Waals surface area contributed by atoms with Gasteiger partial charge in [0, 0.05) is 24.8 Å². The average Bonchev–Trinajstić information content (AvgIpc) is 2.32. The molecule has 1 N–H and O–H groups in total. The first-order valence-corrected chi connectivity index (χ1v) is 5.97. The number of nitrogens with zero attached hydrogens (tertiary/aromatic N) is 1. The fraction of sp³-hybridized carbons (Fsp3) is 0.417. The monoisotopic (exact) mass is 326 g/mol. The standard InChI is InChI=1S/C12H13ClF2N2O2.ClH/c1-17(2)7-3-4-8(9(13)5-7)10-12(14,15)6-19-11(18)16-10;/h3-5,10H,6H2,1-2H3,(H,16,18);1H/t10-;/m0./s1. The number of alkyl carbamates (subject to hydrolysis) is 1. The van der Waals surface area contributed by atoms with Crippen molar-refractivity contribution in [3.8, 4) is 0 Å². The molecule has 1 aliphatic heterocycles. The quantitative estimate of drug-likeness (QED) is 0.907. The molecule has 1 fully saturated rings. The number of halogens is 4. The van der Waals surface area contributed by atoms with Crippen LogP contribution in [0.2, 0.25) is 5.02 Å². The van der Waals surface area contributed by atoms with Crippen LogP contribution in [0.15, 0.2) is 18.2 Å². The zero-order valence-corrected chi connectivity index (χ0v) is 12.4. The van der Waals surface area contributed by atoms with Crippen LogP contribution in [0.3, 0.4) is 0 Å². The zero-order chi connectivity index (χ0) is 14.2. The molecule has 1 aliphatic rings. The zero-order valence-electron chi connectivity index (χ0n) is 10.8. The van der Waals surface area contributed by atoms with Gasteiger partial charge in [-0.25, -0.2) is 13.6 Å². The van der Waals surface area contributed by atoms with E-state index in [4.69, 9.17) is 11.6 Å². The molecule has 1 aromatic carbocycles. The first kappa shape index (κ1) is 16.8. The van der Waals surface area contributed by atoms with Crippen molar-refractivity contribution in [3.63, 3.8) is 0 Å². The Kier molecular flexibility index (Phi) is 5.05. The summed E-state index contributed by atoms with van der Waals surface area (Å²) in [6.07, 6.45) is -0.872. The van der Waals surface area contributed by atoms with E-state index in [1.54, 1.807) is 17.0 Å². The molecule has 1 atom stereocenters. The maximum absolute atomic E-state index is 13.8. The van der Waals surface area contributed by atoms with Crippen molar-refractivity contribution in [1.29, 1.82) is 0 Å². The van der Waals surface area contributed by atoms with E-state index in [-0.39, 0.29) is 23.0 Å². The Balaban J connectivity index is 0.00000200. The van der Waals surface area contributed by atoms with Crippen molar-refractivity contribution >= 4 is 35.8 Å². The molecule has 0 aromatic heterocycles. The van der Waals surface area contributed by atoms with Crippen molar-refractivity contribution in [2.45, 2.75) is 12.0 Å². The van der Waals surface area contributed by atoms with E-state index in [1.165, 1.54) is 6.07 Å². The number of benzene rings is 1. The van der Waals surface area contributed by atoms with Crippen LogP contribution in [0.5, 0.6) is 0 Å². The highest BCUT2D eigenvalue weighted by atomic mass is 35.5. The van der Waals surface area contributed by atoms with Gasteiger partial charge >= 0.3 is 12.0 Å². The highest BCUT2D eigenvalue weighted by molar-refractivity contribution is 6.31. The van der Waals surface area contributed by atoms with Crippen molar-refractivity contribution in [2.75, 3.05) is 25.6 Å². The number of anilines is 1. The van der Waals surface area contributed by atoms with Gasteiger partial charge < -0.3 is 15.0 Å². The molecular weight excluding hydrogens is 313 g/mol. The minimum Gasteiger partial charge on any atom is -0.443 e. The Morgan fingerprint density at radius 1 is 1.45 bits per heavy atom. The van der Waals surface area contributed by atoms with E-state index < -0.39 is 24.7 Å². The molecule has 20 heavy (non-hydrogen) atoms. The van der Waals surface area contributed by atoms with Gasteiger partial charge in [-0.05, 0) is 17.7 Å². The van der Waals surface area contributed by atoms with Crippen LogP contribution in [0, 0.1) is 0 Å². The SMILES string of the molecule is CN(C)c1ccc([C@@H]2NC(=O)OCC2(F)F)c(Cl)c1.Cl. The Morgan fingerprint density at radius 2 is 2.10 bits per heavy atom. The summed E-state index contributed by atoms with van der Waals surface area (Å²) in [5, 5.41) is 2.28. The van der Waals surface area contributed by atoms with E-state index in [1.807, 2.05) is 14.1 Å². The minimum atomic E-state index is -3.20. The number of nitrogens with one attached hydrogen (secondary N) is 1. The fourth-order valence-electron chi connectivity index (χ4n) is 1.84. The molecule has 1 saturated heterocycles. The van der Waals surface area contributed by atoms with Crippen molar-refractivity contribution in [2.24, 2.45) is 0 Å². The third-order valence-electron chi connectivity index (χ3n) is 2.89. The summed E-state index contributed by atoms with van der Waals surface area (Å²) in [6.45, 7) is -0.949. The Bertz CT molecular complexity index is 512. The van der Waals surface area contributed by atoms with Crippen LogP contribution in [-0.4, -0.2) is 32.7 Å². The van der Waals surface area contributed by atoms with Crippen molar-refractivity contribution in [1.82, 2.24) is 5.32 Å². The lowest BCUT2D eigenvalue weighted by Gasteiger charge is -2.32. The van der Waals surface area contributed by atoms with Crippen LogP contribution in [0.1, 0.15) is 11.6 Å². The van der Waals surface area contributed by atoms with Gasteiger partial charge in [-0.15, -0.1) is 12.4 Å². The van der Waals surface area contributed by atoms with E-state index >= 15 is 0 Å². The van der Waals surface area contributed by atoms with Gasteiger partial charge in [0.2, 0.25) is 0 Å². The second-order valence-electron chi connectivity index (χ2n) is 4.51. The lowest BCUT2D eigenvalue weighted by molar-refractivity contribution is -0.104. The molecule has 1 aromatic rings. The molecule has 112 valence electrons. The van der Waals surface area contributed by atoms with Crippen LogP contribution in [0.4, 0.5) is 19.3 Å². The number of hydrogen-bond donors (Lipinski definition) is 1. The van der Waals surface area contributed by atoms with Crippen LogP contribution in [-0.2, 0) is 4.74 Å². The van der Waals surface area contributed by atoms with Gasteiger partial charge in [0.25, 0.3) is 0 Å². The van der Waals surface area contributed by atoms with Crippen molar-refractivity contribution < 1.29 is 18.3 Å². The Hall–Kier alpha value is -1.27. The van der Waals surface area contributed by atoms with Crippen LogP contribution >= 0.6 is 24.0 Å². The second kappa shape index (κ2) is 6.01. The summed E-state index contributed by atoms with van der Waals surface area (Å²) in [6, 6.07) is 3.26. The first-order chi connectivity index (χ1) is 8.81. The smallest absolute Gasteiger partial charge is 0.408 e. The maximum atomic E-state index is 13.8. The van der Waals surface area contributed by atoms with Gasteiger partial charge in [0.15, 0.2) is 6.61 Å². The number of carbonyl (C=O) groups is 1. The topological polar surface area (TPSA) is 41.6 Å². The second-order valence-corrected chi connectivity index (χ2v) is 4.92. The van der Waals surface area contributed by atoms with Gasteiger partial charge in [-0.3, -0.25) is 0 Å². The number of alkyl halides is 2. The first-order valence-electron chi connectivity index (χ1n) is 5.59. The number of cyclic esters (lactones) is 1. The number of carbonyl (C=O) groups excluding carboxylic acids is 1. The Labute approximate surface area is 126 Å². The summed E-state index contributed by atoms with van der Waals surface area (Å²) in [7, 11) is 3.63. The molecule has 0 radical (unpaired) electrons. The van der Waals surface area contributed by atoms with Crippen molar-refractivity contribution in [3.05, 3.63) is 28.8 Å². The summed E-state index contributed by atoms with van der Waals surface area (Å²) in [5.41, 5.74) is 0.962. The molecule has 0 unspecified atom stereocenters. The number of ether oxygens (including phenoxy) is 1. The summed E-state index contributed by atoms with van der Waals surface area (Å²) in [5.74, 6) is -3.20. The molecule has 2 rings (SSSR count). The number of rotatable bonds is 2. The lowest BCUT2D eigenvalue weighted by Crippen LogP contribution is -2.49. The largest absolute Gasteiger partial charge is 0.443 e. The molecule has 0 bridgehead atoms. The normalized spacial score (nSPS) is 20.4. The number of amides is 1. The minimum absolute atomic E-state index is 0. The predicted octanol–water partition coefficient (Wildman–Crippen LogP) is 3.24. The lowest BCUT2D eigenvalue weighted by atomic mass is 9.99.